The molecule has 0 amide bonds. The van der Waals surface area contributed by atoms with Gasteiger partial charge in [-0.05, 0) is 40.3 Å². The second-order valence-corrected chi connectivity index (χ2v) is 5.32. The first-order valence-corrected chi connectivity index (χ1v) is 6.34. The van der Waals surface area contributed by atoms with E-state index in [1.54, 1.807) is 11.3 Å². The third kappa shape index (κ3) is 1.73. The van der Waals surface area contributed by atoms with Gasteiger partial charge >= 0.3 is 0 Å². The van der Waals surface area contributed by atoms with Crippen molar-refractivity contribution in [2.45, 2.75) is 13.0 Å². The molecule has 0 aromatic carbocycles. The number of hydrogen-bond donors (Lipinski definition) is 1. The Balaban J connectivity index is 2.38. The van der Waals surface area contributed by atoms with Gasteiger partial charge in [0.25, 0.3) is 0 Å². The maximum absolute atomic E-state index is 10.1. The molecule has 0 bridgehead atoms. The summed E-state index contributed by atoms with van der Waals surface area (Å²) in [6, 6.07) is 1.87. The van der Waals surface area contributed by atoms with E-state index in [4.69, 9.17) is 11.6 Å². The van der Waals surface area contributed by atoms with Crippen LogP contribution < -0.4 is 0 Å². The van der Waals surface area contributed by atoms with Gasteiger partial charge in [0.1, 0.15) is 6.10 Å². The molecule has 0 aliphatic rings. The standard InChI is InChI=1S/C10H9ClOS2/c1-6-4-13-5-8(6)9(12)7-2-3-14-10(7)11/h2-5,9,12H,1H3. The Kier molecular flexibility index (Phi) is 2.93. The third-order valence-corrected chi connectivity index (χ3v) is 4.21. The minimum Gasteiger partial charge on any atom is -0.384 e. The summed E-state index contributed by atoms with van der Waals surface area (Å²) >= 11 is 9.01. The molecule has 0 fully saturated rings. The maximum Gasteiger partial charge on any atom is 0.107 e. The smallest absolute Gasteiger partial charge is 0.107 e. The van der Waals surface area contributed by atoms with Crippen molar-refractivity contribution in [3.05, 3.63) is 43.2 Å². The minimum atomic E-state index is -0.583. The molecule has 0 aliphatic carbocycles. The van der Waals surface area contributed by atoms with Crippen molar-refractivity contribution >= 4 is 34.3 Å². The normalized spacial score (nSPS) is 13.1. The second kappa shape index (κ2) is 4.03. The van der Waals surface area contributed by atoms with Gasteiger partial charge in [0.2, 0.25) is 0 Å². The molecule has 2 heterocycles. The van der Waals surface area contributed by atoms with E-state index in [1.165, 1.54) is 11.3 Å². The molecule has 0 saturated heterocycles. The Morgan fingerprint density at radius 2 is 2.14 bits per heavy atom. The molecular weight excluding hydrogens is 236 g/mol. The largest absolute Gasteiger partial charge is 0.384 e. The van der Waals surface area contributed by atoms with E-state index in [0.29, 0.717) is 4.34 Å². The number of halogens is 1. The van der Waals surface area contributed by atoms with Gasteiger partial charge in [-0.25, -0.2) is 0 Å². The van der Waals surface area contributed by atoms with Crippen molar-refractivity contribution in [1.82, 2.24) is 0 Å². The highest BCUT2D eigenvalue weighted by Crippen LogP contribution is 2.34. The Labute approximate surface area is 95.6 Å². The fraction of sp³-hybridized carbons (Fsp3) is 0.200. The summed E-state index contributed by atoms with van der Waals surface area (Å²) in [5.74, 6) is 0. The number of aliphatic hydroxyl groups excluding tert-OH is 1. The molecule has 0 saturated carbocycles. The van der Waals surface area contributed by atoms with Crippen LogP contribution in [0.5, 0.6) is 0 Å². The molecule has 2 rings (SSSR count). The van der Waals surface area contributed by atoms with Crippen molar-refractivity contribution in [2.75, 3.05) is 0 Å². The van der Waals surface area contributed by atoms with Crippen LogP contribution in [0.2, 0.25) is 4.34 Å². The van der Waals surface area contributed by atoms with Crippen LogP contribution in [0, 0.1) is 6.92 Å². The van der Waals surface area contributed by atoms with Crippen LogP contribution in [0.3, 0.4) is 0 Å². The average molecular weight is 245 g/mol. The van der Waals surface area contributed by atoms with Gasteiger partial charge in [-0.3, -0.25) is 0 Å². The van der Waals surface area contributed by atoms with Crippen molar-refractivity contribution < 1.29 is 5.11 Å². The van der Waals surface area contributed by atoms with E-state index in [9.17, 15) is 5.11 Å². The zero-order chi connectivity index (χ0) is 10.1. The first-order valence-electron chi connectivity index (χ1n) is 4.14. The zero-order valence-electron chi connectivity index (χ0n) is 7.53. The minimum absolute atomic E-state index is 0.583. The van der Waals surface area contributed by atoms with Crippen molar-refractivity contribution in [1.29, 1.82) is 0 Å². The number of rotatable bonds is 2. The van der Waals surface area contributed by atoms with Crippen molar-refractivity contribution in [2.24, 2.45) is 0 Å². The first kappa shape index (κ1) is 10.2. The van der Waals surface area contributed by atoms with Gasteiger partial charge in [0.05, 0.1) is 4.34 Å². The maximum atomic E-state index is 10.1. The van der Waals surface area contributed by atoms with Crippen LogP contribution in [0.25, 0.3) is 0 Å². The summed E-state index contributed by atoms with van der Waals surface area (Å²) in [5, 5.41) is 15.9. The van der Waals surface area contributed by atoms with Gasteiger partial charge in [-0.15, -0.1) is 11.3 Å². The van der Waals surface area contributed by atoms with E-state index in [0.717, 1.165) is 16.7 Å². The van der Waals surface area contributed by atoms with Gasteiger partial charge in [0, 0.05) is 5.56 Å². The van der Waals surface area contributed by atoms with Gasteiger partial charge < -0.3 is 5.11 Å². The molecule has 2 aromatic rings. The topological polar surface area (TPSA) is 20.2 Å². The summed E-state index contributed by atoms with van der Waals surface area (Å²) in [4.78, 5) is 0. The molecule has 4 heteroatoms. The van der Waals surface area contributed by atoms with Gasteiger partial charge in [0.15, 0.2) is 0 Å². The summed E-state index contributed by atoms with van der Waals surface area (Å²) < 4.78 is 0.670. The van der Waals surface area contributed by atoms with Crippen molar-refractivity contribution in [3.8, 4) is 0 Å². The summed E-state index contributed by atoms with van der Waals surface area (Å²) in [7, 11) is 0. The van der Waals surface area contributed by atoms with E-state index in [2.05, 4.69) is 0 Å². The van der Waals surface area contributed by atoms with E-state index in [-0.39, 0.29) is 0 Å². The zero-order valence-corrected chi connectivity index (χ0v) is 9.92. The molecule has 1 atom stereocenters. The fourth-order valence-electron chi connectivity index (χ4n) is 1.32. The monoisotopic (exact) mass is 244 g/mol. The quantitative estimate of drug-likeness (QED) is 0.851. The molecule has 0 spiro atoms. The highest BCUT2D eigenvalue weighted by molar-refractivity contribution is 7.14. The number of hydrogen-bond acceptors (Lipinski definition) is 3. The Hall–Kier alpha value is -0.350. The van der Waals surface area contributed by atoms with E-state index >= 15 is 0 Å². The molecule has 14 heavy (non-hydrogen) atoms. The summed E-state index contributed by atoms with van der Waals surface area (Å²) in [5.41, 5.74) is 2.87. The molecule has 2 aromatic heterocycles. The SMILES string of the molecule is Cc1cscc1C(O)c1ccsc1Cl. The first-order chi connectivity index (χ1) is 6.70. The molecule has 0 aliphatic heterocycles. The number of thiophene rings is 2. The predicted octanol–water partition coefficient (Wildman–Crippen LogP) is 3.85. The van der Waals surface area contributed by atoms with E-state index < -0.39 is 6.10 Å². The van der Waals surface area contributed by atoms with Crippen LogP contribution in [-0.2, 0) is 0 Å². The lowest BCUT2D eigenvalue weighted by atomic mass is 10.0. The lowest BCUT2D eigenvalue weighted by molar-refractivity contribution is 0.220. The molecular formula is C10H9ClOS2. The highest BCUT2D eigenvalue weighted by atomic mass is 35.5. The van der Waals surface area contributed by atoms with Gasteiger partial charge in [-0.1, -0.05) is 11.6 Å². The van der Waals surface area contributed by atoms with Crippen LogP contribution in [0.15, 0.2) is 22.2 Å². The average Bonchev–Trinajstić information content (AvgIpc) is 2.73. The Morgan fingerprint density at radius 3 is 2.64 bits per heavy atom. The predicted molar refractivity (Wildman–Crippen MR) is 62.4 cm³/mol. The number of aryl methyl sites for hydroxylation is 1. The summed E-state index contributed by atoms with van der Waals surface area (Å²) in [6.45, 7) is 2.00. The molecule has 0 radical (unpaired) electrons. The molecule has 1 unspecified atom stereocenters. The third-order valence-electron chi connectivity index (χ3n) is 2.13. The lowest BCUT2D eigenvalue weighted by Crippen LogP contribution is -1.98. The molecule has 1 N–H and O–H groups in total. The lowest BCUT2D eigenvalue weighted by Gasteiger charge is -2.09. The van der Waals surface area contributed by atoms with E-state index in [1.807, 2.05) is 29.1 Å². The van der Waals surface area contributed by atoms with Crippen LogP contribution in [0.1, 0.15) is 22.8 Å². The highest BCUT2D eigenvalue weighted by Gasteiger charge is 2.16. The molecule has 1 nitrogen and oxygen atoms in total. The molecule has 74 valence electrons. The second-order valence-electron chi connectivity index (χ2n) is 3.06. The Bertz CT molecular complexity index is 393. The van der Waals surface area contributed by atoms with Crippen LogP contribution >= 0.6 is 34.3 Å². The van der Waals surface area contributed by atoms with Gasteiger partial charge in [-0.2, -0.15) is 11.3 Å². The van der Waals surface area contributed by atoms with Crippen molar-refractivity contribution in [3.63, 3.8) is 0 Å². The van der Waals surface area contributed by atoms with Crippen LogP contribution in [-0.4, -0.2) is 5.11 Å². The Morgan fingerprint density at radius 1 is 1.36 bits per heavy atom. The summed E-state index contributed by atoms with van der Waals surface area (Å²) in [6.07, 6.45) is -0.583. The fourth-order valence-corrected chi connectivity index (χ4v) is 3.16. The van der Waals surface area contributed by atoms with Crippen LogP contribution in [0.4, 0.5) is 0 Å². The number of aliphatic hydroxyl groups is 1.